The van der Waals surface area contributed by atoms with Crippen molar-refractivity contribution in [2.24, 2.45) is 5.14 Å². The van der Waals surface area contributed by atoms with E-state index in [2.05, 4.69) is 5.32 Å². The van der Waals surface area contributed by atoms with Crippen LogP contribution in [0, 0.1) is 0 Å². The van der Waals surface area contributed by atoms with Gasteiger partial charge in [0.05, 0.1) is 10.9 Å². The Balaban J connectivity index is 1.96. The highest BCUT2D eigenvalue weighted by Crippen LogP contribution is 2.17. The maximum Gasteiger partial charge on any atom is 0.238 e. The molecule has 7 heteroatoms. The summed E-state index contributed by atoms with van der Waals surface area (Å²) < 4.78 is 22.7. The third-order valence-corrected chi connectivity index (χ3v) is 4.93. The van der Waals surface area contributed by atoms with Gasteiger partial charge in [0.1, 0.15) is 0 Å². The van der Waals surface area contributed by atoms with Crippen molar-refractivity contribution in [2.75, 3.05) is 0 Å². The third kappa shape index (κ3) is 4.66. The summed E-state index contributed by atoms with van der Waals surface area (Å²) in [7, 11) is -3.74. The van der Waals surface area contributed by atoms with E-state index in [-0.39, 0.29) is 16.8 Å². The molecule has 5 nitrogen and oxygen atoms in total. The quantitative estimate of drug-likeness (QED) is 0.846. The van der Waals surface area contributed by atoms with Crippen molar-refractivity contribution in [1.82, 2.24) is 5.32 Å². The summed E-state index contributed by atoms with van der Waals surface area (Å²) in [5.41, 5.74) is 1.85. The van der Waals surface area contributed by atoms with Gasteiger partial charge < -0.3 is 5.32 Å². The van der Waals surface area contributed by atoms with Crippen LogP contribution in [0.4, 0.5) is 0 Å². The molecule has 0 saturated carbocycles. The number of aryl methyl sites for hydroxylation is 1. The summed E-state index contributed by atoms with van der Waals surface area (Å²) in [6.07, 6.45) is 1.09. The van der Waals surface area contributed by atoms with E-state index in [4.69, 9.17) is 5.14 Å². The smallest absolute Gasteiger partial charge is 0.238 e. The minimum atomic E-state index is -3.74. The van der Waals surface area contributed by atoms with Gasteiger partial charge in [0.15, 0.2) is 0 Å². The molecule has 3 N–H and O–H groups in total. The zero-order valence-corrected chi connectivity index (χ0v) is 13.8. The number of nitrogens with one attached hydrogen (secondary N) is 1. The second-order valence-corrected chi connectivity index (χ2v) is 7.38. The summed E-state index contributed by atoms with van der Waals surface area (Å²) in [6, 6.07) is 8.01. The molecule has 2 rings (SSSR count). The summed E-state index contributed by atoms with van der Waals surface area (Å²) in [5.74, 6) is -0.0697. The fourth-order valence-corrected chi connectivity index (χ4v) is 3.32. The highest BCUT2D eigenvalue weighted by Gasteiger charge is 2.13. The van der Waals surface area contributed by atoms with Crippen molar-refractivity contribution in [3.05, 3.63) is 52.2 Å². The van der Waals surface area contributed by atoms with Gasteiger partial charge in [-0.25, -0.2) is 13.6 Å². The highest BCUT2D eigenvalue weighted by atomic mass is 32.2. The molecule has 0 bridgehead atoms. The van der Waals surface area contributed by atoms with Crippen LogP contribution in [0.2, 0.25) is 0 Å². The van der Waals surface area contributed by atoms with Crippen LogP contribution in [-0.4, -0.2) is 14.3 Å². The molecule has 0 fully saturated rings. The Morgan fingerprint density at radius 3 is 2.77 bits per heavy atom. The molecule has 118 valence electrons. The van der Waals surface area contributed by atoms with E-state index in [9.17, 15) is 13.2 Å². The summed E-state index contributed by atoms with van der Waals surface area (Å²) in [6.45, 7) is 1.81. The van der Waals surface area contributed by atoms with Crippen molar-refractivity contribution in [1.29, 1.82) is 0 Å². The molecule has 0 saturated heterocycles. The molecule has 1 aromatic heterocycles. The van der Waals surface area contributed by atoms with E-state index in [1.807, 2.05) is 23.8 Å². The average molecular weight is 338 g/mol. The van der Waals surface area contributed by atoms with Crippen LogP contribution in [0.5, 0.6) is 0 Å². The summed E-state index contributed by atoms with van der Waals surface area (Å²) in [5, 5.41) is 12.0. The number of thiophene rings is 1. The van der Waals surface area contributed by atoms with Crippen molar-refractivity contribution in [3.8, 4) is 0 Å². The Kier molecular flexibility index (Phi) is 5.33. The number of hydrogen-bond acceptors (Lipinski definition) is 4. The number of sulfonamides is 1. The molecule has 1 atom stereocenters. The van der Waals surface area contributed by atoms with Gasteiger partial charge in [0, 0.05) is 6.42 Å². The topological polar surface area (TPSA) is 89.3 Å². The van der Waals surface area contributed by atoms with E-state index in [1.54, 1.807) is 23.5 Å². The predicted octanol–water partition coefficient (Wildman–Crippen LogP) is 2.21. The number of carbonyl (C=O) groups is 1. The molecule has 0 aliphatic heterocycles. The molecule has 1 amide bonds. The van der Waals surface area contributed by atoms with E-state index >= 15 is 0 Å². The van der Waals surface area contributed by atoms with E-state index in [0.717, 1.165) is 5.56 Å². The minimum Gasteiger partial charge on any atom is -0.350 e. The first kappa shape index (κ1) is 16.7. The standard InChI is InChI=1S/C15H18N2O3S2/c1-11(13-3-2-4-14(9-13)22(16,19)20)17-15(18)6-5-12-7-8-21-10-12/h2-4,7-11H,5-6H2,1H3,(H,17,18)(H2,16,19,20). The summed E-state index contributed by atoms with van der Waals surface area (Å²) >= 11 is 1.61. The molecule has 0 aliphatic carbocycles. The molecule has 0 spiro atoms. The summed E-state index contributed by atoms with van der Waals surface area (Å²) in [4.78, 5) is 12.0. The largest absolute Gasteiger partial charge is 0.350 e. The number of nitrogens with two attached hydrogens (primary N) is 1. The van der Waals surface area contributed by atoms with Crippen LogP contribution >= 0.6 is 11.3 Å². The molecule has 2 aromatic rings. The lowest BCUT2D eigenvalue weighted by Gasteiger charge is -2.15. The van der Waals surface area contributed by atoms with Gasteiger partial charge in [-0.15, -0.1) is 0 Å². The maximum absolute atomic E-state index is 12.0. The maximum atomic E-state index is 12.0. The van der Waals surface area contributed by atoms with Crippen LogP contribution in [0.3, 0.4) is 0 Å². The van der Waals surface area contributed by atoms with Crippen molar-refractivity contribution in [3.63, 3.8) is 0 Å². The second kappa shape index (κ2) is 7.04. The average Bonchev–Trinajstić information content (AvgIpc) is 2.97. The van der Waals surface area contributed by atoms with Crippen LogP contribution in [-0.2, 0) is 21.2 Å². The molecular weight excluding hydrogens is 320 g/mol. The van der Waals surface area contributed by atoms with Crippen molar-refractivity contribution < 1.29 is 13.2 Å². The number of hydrogen-bond donors (Lipinski definition) is 2. The molecule has 0 radical (unpaired) electrons. The predicted molar refractivity (Wildman–Crippen MR) is 87.0 cm³/mol. The van der Waals surface area contributed by atoms with Gasteiger partial charge in [-0.3, -0.25) is 4.79 Å². The van der Waals surface area contributed by atoms with Gasteiger partial charge in [-0.2, -0.15) is 11.3 Å². The Morgan fingerprint density at radius 2 is 2.14 bits per heavy atom. The van der Waals surface area contributed by atoms with Crippen LogP contribution in [0.1, 0.15) is 30.5 Å². The molecule has 1 aromatic carbocycles. The zero-order chi connectivity index (χ0) is 16.2. The first-order valence-electron chi connectivity index (χ1n) is 6.79. The number of benzene rings is 1. The van der Waals surface area contributed by atoms with Crippen LogP contribution in [0.25, 0.3) is 0 Å². The molecular formula is C15H18N2O3S2. The van der Waals surface area contributed by atoms with Crippen molar-refractivity contribution >= 4 is 27.3 Å². The normalized spacial score (nSPS) is 12.8. The third-order valence-electron chi connectivity index (χ3n) is 3.28. The van der Waals surface area contributed by atoms with E-state index in [1.165, 1.54) is 12.1 Å². The zero-order valence-electron chi connectivity index (χ0n) is 12.2. The fourth-order valence-electron chi connectivity index (χ4n) is 2.05. The molecule has 1 unspecified atom stereocenters. The highest BCUT2D eigenvalue weighted by molar-refractivity contribution is 7.89. The molecule has 1 heterocycles. The Labute approximate surface area is 134 Å². The lowest BCUT2D eigenvalue weighted by atomic mass is 10.1. The van der Waals surface area contributed by atoms with E-state index < -0.39 is 10.0 Å². The first-order valence-corrected chi connectivity index (χ1v) is 9.28. The Hall–Kier alpha value is -1.70. The lowest BCUT2D eigenvalue weighted by molar-refractivity contribution is -0.121. The van der Waals surface area contributed by atoms with Gasteiger partial charge >= 0.3 is 0 Å². The van der Waals surface area contributed by atoms with Crippen LogP contribution < -0.4 is 10.5 Å². The Bertz CT molecular complexity index is 740. The van der Waals surface area contributed by atoms with Gasteiger partial charge in [0.2, 0.25) is 15.9 Å². The Morgan fingerprint density at radius 1 is 1.36 bits per heavy atom. The van der Waals surface area contributed by atoms with Gasteiger partial charge in [-0.05, 0) is 53.4 Å². The van der Waals surface area contributed by atoms with Gasteiger partial charge in [0.25, 0.3) is 0 Å². The lowest BCUT2D eigenvalue weighted by Crippen LogP contribution is -2.27. The first-order chi connectivity index (χ1) is 10.4. The number of primary sulfonamides is 1. The van der Waals surface area contributed by atoms with E-state index in [0.29, 0.717) is 18.4 Å². The number of rotatable bonds is 6. The SMILES string of the molecule is CC(NC(=O)CCc1ccsc1)c1cccc(S(N)(=O)=O)c1. The fraction of sp³-hybridized carbons (Fsp3) is 0.267. The van der Waals surface area contributed by atoms with Crippen molar-refractivity contribution in [2.45, 2.75) is 30.7 Å². The molecule has 22 heavy (non-hydrogen) atoms. The number of carbonyl (C=O) groups excluding carboxylic acids is 1. The van der Waals surface area contributed by atoms with Crippen LogP contribution in [0.15, 0.2) is 46.0 Å². The monoisotopic (exact) mass is 338 g/mol. The molecule has 0 aliphatic rings. The number of amides is 1. The second-order valence-electron chi connectivity index (χ2n) is 5.04. The minimum absolute atomic E-state index is 0.0457. The van der Waals surface area contributed by atoms with Gasteiger partial charge in [-0.1, -0.05) is 12.1 Å².